The molecule has 6 nitrogen and oxygen atoms in total. The summed E-state index contributed by atoms with van der Waals surface area (Å²) in [6.45, 7) is 7.55. The molecule has 0 radical (unpaired) electrons. The fourth-order valence-corrected chi connectivity index (χ4v) is 4.06. The summed E-state index contributed by atoms with van der Waals surface area (Å²) >= 11 is 0. The Bertz CT molecular complexity index is 733. The second kappa shape index (κ2) is 10.6. The first-order valence-corrected chi connectivity index (χ1v) is 10.9. The molecule has 0 aliphatic carbocycles. The molecule has 0 bridgehead atoms. The zero-order chi connectivity index (χ0) is 20.6. The van der Waals surface area contributed by atoms with Crippen LogP contribution in [-0.2, 0) is 9.47 Å². The lowest BCUT2D eigenvalue weighted by Gasteiger charge is -2.38. The van der Waals surface area contributed by atoms with E-state index in [1.54, 1.807) is 0 Å². The Labute approximate surface area is 179 Å². The average Bonchev–Trinajstić information content (AvgIpc) is 2.83. The van der Waals surface area contributed by atoms with E-state index in [2.05, 4.69) is 53.4 Å². The van der Waals surface area contributed by atoms with Gasteiger partial charge in [0.2, 0.25) is 0 Å². The third kappa shape index (κ3) is 5.39. The molecule has 0 unspecified atom stereocenters. The van der Waals surface area contributed by atoms with Gasteiger partial charge in [-0.05, 0) is 11.1 Å². The van der Waals surface area contributed by atoms with E-state index >= 15 is 0 Å². The summed E-state index contributed by atoms with van der Waals surface area (Å²) in [6, 6.07) is 20.9. The maximum atomic E-state index is 12.6. The zero-order valence-electron chi connectivity index (χ0n) is 17.5. The van der Waals surface area contributed by atoms with Crippen LogP contribution in [0.1, 0.15) is 17.2 Å². The lowest BCUT2D eigenvalue weighted by atomic mass is 10.0. The highest BCUT2D eigenvalue weighted by Crippen LogP contribution is 2.25. The highest BCUT2D eigenvalue weighted by atomic mass is 16.5. The molecule has 4 rings (SSSR count). The molecule has 0 aromatic heterocycles. The van der Waals surface area contributed by atoms with Gasteiger partial charge in [0.25, 0.3) is 0 Å². The summed E-state index contributed by atoms with van der Waals surface area (Å²) in [7, 11) is 0. The van der Waals surface area contributed by atoms with Crippen LogP contribution in [0.5, 0.6) is 0 Å². The maximum Gasteiger partial charge on any atom is 0.320 e. The van der Waals surface area contributed by atoms with Gasteiger partial charge in [-0.15, -0.1) is 0 Å². The van der Waals surface area contributed by atoms with Gasteiger partial charge in [0.15, 0.2) is 0 Å². The van der Waals surface area contributed by atoms with Gasteiger partial charge in [-0.25, -0.2) is 4.79 Å². The minimum Gasteiger partial charge on any atom is -0.378 e. The SMILES string of the molecule is O=C(N1CCOCC1)N1CCN(CCOC(c2ccccc2)c2ccccc2)CC1. The van der Waals surface area contributed by atoms with Gasteiger partial charge in [0, 0.05) is 45.8 Å². The Balaban J connectivity index is 1.26. The summed E-state index contributed by atoms with van der Waals surface area (Å²) in [6.07, 6.45) is -0.0587. The number of carbonyl (C=O) groups is 1. The van der Waals surface area contributed by atoms with Crippen LogP contribution in [0.15, 0.2) is 60.7 Å². The van der Waals surface area contributed by atoms with Crippen LogP contribution in [0.25, 0.3) is 0 Å². The summed E-state index contributed by atoms with van der Waals surface area (Å²) in [5.74, 6) is 0. The molecule has 0 spiro atoms. The number of piperazine rings is 1. The van der Waals surface area contributed by atoms with Crippen molar-refractivity contribution >= 4 is 6.03 Å². The average molecular weight is 410 g/mol. The molecule has 0 saturated carbocycles. The van der Waals surface area contributed by atoms with E-state index < -0.39 is 0 Å². The van der Waals surface area contributed by atoms with Gasteiger partial charge in [-0.3, -0.25) is 4.90 Å². The molecule has 30 heavy (non-hydrogen) atoms. The maximum absolute atomic E-state index is 12.6. The van der Waals surface area contributed by atoms with Crippen LogP contribution in [0.2, 0.25) is 0 Å². The molecule has 2 saturated heterocycles. The minimum atomic E-state index is -0.0587. The van der Waals surface area contributed by atoms with Crippen molar-refractivity contribution in [2.24, 2.45) is 0 Å². The van der Waals surface area contributed by atoms with Gasteiger partial charge in [-0.1, -0.05) is 60.7 Å². The molecule has 160 valence electrons. The fourth-order valence-electron chi connectivity index (χ4n) is 4.06. The number of nitrogens with zero attached hydrogens (tertiary/aromatic N) is 3. The topological polar surface area (TPSA) is 45.2 Å². The number of rotatable bonds is 6. The van der Waals surface area contributed by atoms with E-state index in [1.165, 1.54) is 11.1 Å². The van der Waals surface area contributed by atoms with Crippen LogP contribution < -0.4 is 0 Å². The molecule has 6 heteroatoms. The lowest BCUT2D eigenvalue weighted by molar-refractivity contribution is 0.0301. The molecule has 2 heterocycles. The van der Waals surface area contributed by atoms with Crippen molar-refractivity contribution in [2.45, 2.75) is 6.10 Å². The van der Waals surface area contributed by atoms with Crippen molar-refractivity contribution in [1.82, 2.24) is 14.7 Å². The number of urea groups is 1. The zero-order valence-corrected chi connectivity index (χ0v) is 17.5. The minimum absolute atomic E-state index is 0.0587. The quantitative estimate of drug-likeness (QED) is 0.736. The largest absolute Gasteiger partial charge is 0.378 e. The summed E-state index contributed by atoms with van der Waals surface area (Å²) in [5.41, 5.74) is 2.34. The standard InChI is InChI=1S/C24H31N3O3/c28-24(27-16-18-29-19-17-27)26-13-11-25(12-14-26)15-20-30-23(21-7-3-1-4-8-21)22-9-5-2-6-10-22/h1-10,23H,11-20H2. The number of hydrogen-bond acceptors (Lipinski definition) is 4. The molecule has 2 amide bonds. The van der Waals surface area contributed by atoms with Gasteiger partial charge in [0.05, 0.1) is 19.8 Å². The molecular weight excluding hydrogens is 378 g/mol. The summed E-state index contributed by atoms with van der Waals surface area (Å²) in [4.78, 5) is 18.9. The molecule has 0 atom stereocenters. The van der Waals surface area contributed by atoms with Gasteiger partial charge < -0.3 is 19.3 Å². The van der Waals surface area contributed by atoms with Crippen molar-refractivity contribution in [1.29, 1.82) is 0 Å². The highest BCUT2D eigenvalue weighted by Gasteiger charge is 2.26. The molecular formula is C24H31N3O3. The van der Waals surface area contributed by atoms with Gasteiger partial charge in [-0.2, -0.15) is 0 Å². The van der Waals surface area contributed by atoms with E-state index in [0.717, 1.165) is 32.7 Å². The third-order valence-corrected chi connectivity index (χ3v) is 5.82. The van der Waals surface area contributed by atoms with Crippen LogP contribution in [0.3, 0.4) is 0 Å². The van der Waals surface area contributed by atoms with Crippen molar-refractivity contribution in [3.05, 3.63) is 71.8 Å². The number of benzene rings is 2. The summed E-state index contributed by atoms with van der Waals surface area (Å²) < 4.78 is 11.7. The Morgan fingerprint density at radius 2 is 1.33 bits per heavy atom. The van der Waals surface area contributed by atoms with E-state index in [-0.39, 0.29) is 12.1 Å². The van der Waals surface area contributed by atoms with Crippen LogP contribution in [0, 0.1) is 0 Å². The fraction of sp³-hybridized carbons (Fsp3) is 0.458. The Morgan fingerprint density at radius 3 is 1.90 bits per heavy atom. The predicted molar refractivity (Wildman–Crippen MR) is 116 cm³/mol. The van der Waals surface area contributed by atoms with Crippen molar-refractivity contribution in [3.8, 4) is 0 Å². The second-order valence-electron chi connectivity index (χ2n) is 7.78. The number of amides is 2. The smallest absolute Gasteiger partial charge is 0.320 e. The van der Waals surface area contributed by atoms with E-state index in [4.69, 9.17) is 9.47 Å². The summed E-state index contributed by atoms with van der Waals surface area (Å²) in [5, 5.41) is 0. The number of morpholine rings is 1. The van der Waals surface area contributed by atoms with Gasteiger partial charge in [0.1, 0.15) is 6.10 Å². The first kappa shape index (κ1) is 20.8. The van der Waals surface area contributed by atoms with E-state index in [0.29, 0.717) is 32.9 Å². The molecule has 2 aliphatic rings. The Kier molecular flexibility index (Phi) is 7.34. The third-order valence-electron chi connectivity index (χ3n) is 5.82. The predicted octanol–water partition coefficient (Wildman–Crippen LogP) is 2.86. The molecule has 2 fully saturated rings. The Hall–Kier alpha value is -2.41. The first-order valence-electron chi connectivity index (χ1n) is 10.9. The first-order chi connectivity index (χ1) is 14.8. The van der Waals surface area contributed by atoms with Crippen LogP contribution in [0.4, 0.5) is 4.79 Å². The van der Waals surface area contributed by atoms with E-state index in [1.807, 2.05) is 21.9 Å². The van der Waals surface area contributed by atoms with Gasteiger partial charge >= 0.3 is 6.03 Å². The molecule has 2 aromatic rings. The van der Waals surface area contributed by atoms with Crippen molar-refractivity contribution < 1.29 is 14.3 Å². The highest BCUT2D eigenvalue weighted by molar-refractivity contribution is 5.74. The normalized spacial score (nSPS) is 18.0. The number of hydrogen-bond donors (Lipinski definition) is 0. The second-order valence-corrected chi connectivity index (χ2v) is 7.78. The molecule has 2 aliphatic heterocycles. The van der Waals surface area contributed by atoms with Crippen molar-refractivity contribution in [3.63, 3.8) is 0 Å². The van der Waals surface area contributed by atoms with Crippen LogP contribution in [-0.4, -0.2) is 86.4 Å². The van der Waals surface area contributed by atoms with Crippen molar-refractivity contribution in [2.75, 3.05) is 65.6 Å². The molecule has 2 aromatic carbocycles. The monoisotopic (exact) mass is 409 g/mol. The van der Waals surface area contributed by atoms with Crippen LogP contribution >= 0.6 is 0 Å². The lowest BCUT2D eigenvalue weighted by Crippen LogP contribution is -2.55. The van der Waals surface area contributed by atoms with E-state index in [9.17, 15) is 4.79 Å². The number of ether oxygens (including phenoxy) is 2. The Morgan fingerprint density at radius 1 is 0.800 bits per heavy atom. The molecule has 0 N–H and O–H groups in total. The number of carbonyl (C=O) groups excluding carboxylic acids is 1.